The van der Waals surface area contributed by atoms with E-state index < -0.39 is 24.0 Å². The van der Waals surface area contributed by atoms with Crippen molar-refractivity contribution >= 4 is 40.3 Å². The van der Waals surface area contributed by atoms with E-state index in [0.717, 1.165) is 14.7 Å². The summed E-state index contributed by atoms with van der Waals surface area (Å²) in [5.74, 6) is -0.845. The molecule has 0 heterocycles. The zero-order chi connectivity index (χ0) is 24.4. The Balaban J connectivity index is 2.03. The molecule has 2 aromatic carbocycles. The normalized spacial score (nSPS) is 13.6. The van der Waals surface area contributed by atoms with Crippen LogP contribution in [0.3, 0.4) is 0 Å². The van der Waals surface area contributed by atoms with Crippen LogP contribution in [-0.2, 0) is 27.3 Å². The van der Waals surface area contributed by atoms with Crippen LogP contribution in [-0.4, -0.2) is 35.8 Å². The van der Waals surface area contributed by atoms with Gasteiger partial charge in [0.25, 0.3) is 0 Å². The quantitative estimate of drug-likeness (QED) is 0.314. The lowest BCUT2D eigenvalue weighted by molar-refractivity contribution is -0.132. The van der Waals surface area contributed by atoms with E-state index in [9.17, 15) is 14.4 Å². The molecule has 0 bridgehead atoms. The molecular weight excluding hydrogens is 531 g/mol. The topological polar surface area (TPSA) is 113 Å². The third kappa shape index (κ3) is 9.51. The number of rotatable bonds is 11. The fourth-order valence-corrected chi connectivity index (χ4v) is 3.92. The fraction of sp³-hybridized carbons (Fsp3) is 0.400. The number of hydrogen-bond acceptors (Lipinski definition) is 4. The standard InChI is InChI=1S/C25H33IN4O3/c1-16(2)12-21(27)24(32)29-17(3)23(31)30-22(14-18-8-5-4-6-9-18)25(33)28-15-19-10-7-11-20(26)13-19/h4-11,13,16-17,21-22H,12,14-15,27H2,1-3H3,(H,28,33)(H,29,32)(H,30,31)/t17-,21+,22-/m0/s1. The van der Waals surface area contributed by atoms with Crippen molar-refractivity contribution in [3.05, 3.63) is 69.3 Å². The summed E-state index contributed by atoms with van der Waals surface area (Å²) in [6.45, 7) is 5.89. The van der Waals surface area contributed by atoms with E-state index in [4.69, 9.17) is 5.73 Å². The number of carbonyl (C=O) groups is 3. The first-order chi connectivity index (χ1) is 15.7. The van der Waals surface area contributed by atoms with Crippen molar-refractivity contribution in [1.29, 1.82) is 0 Å². The van der Waals surface area contributed by atoms with Gasteiger partial charge in [0.15, 0.2) is 0 Å². The lowest BCUT2D eigenvalue weighted by Gasteiger charge is -2.22. The van der Waals surface area contributed by atoms with E-state index in [1.165, 1.54) is 0 Å². The maximum absolute atomic E-state index is 13.0. The second-order valence-electron chi connectivity index (χ2n) is 8.56. The smallest absolute Gasteiger partial charge is 0.243 e. The predicted octanol–water partition coefficient (Wildman–Crippen LogP) is 2.51. The van der Waals surface area contributed by atoms with E-state index in [0.29, 0.717) is 19.4 Å². The Morgan fingerprint density at radius 2 is 1.55 bits per heavy atom. The van der Waals surface area contributed by atoms with Gasteiger partial charge in [0, 0.05) is 16.5 Å². The minimum atomic E-state index is -0.822. The Morgan fingerprint density at radius 1 is 0.879 bits per heavy atom. The number of amides is 3. The van der Waals surface area contributed by atoms with Gasteiger partial charge in [-0.05, 0) is 65.1 Å². The summed E-state index contributed by atoms with van der Waals surface area (Å²) in [5.41, 5.74) is 7.81. The first-order valence-electron chi connectivity index (χ1n) is 11.1. The van der Waals surface area contributed by atoms with Crippen LogP contribution in [0.15, 0.2) is 54.6 Å². The van der Waals surface area contributed by atoms with Gasteiger partial charge in [0.2, 0.25) is 17.7 Å². The Hall–Kier alpha value is -2.46. The molecule has 0 saturated heterocycles. The molecule has 5 N–H and O–H groups in total. The highest BCUT2D eigenvalue weighted by molar-refractivity contribution is 14.1. The van der Waals surface area contributed by atoms with Crippen LogP contribution in [0.25, 0.3) is 0 Å². The Labute approximate surface area is 209 Å². The first-order valence-corrected chi connectivity index (χ1v) is 12.2. The van der Waals surface area contributed by atoms with Crippen molar-refractivity contribution < 1.29 is 14.4 Å². The van der Waals surface area contributed by atoms with Crippen LogP contribution in [0.4, 0.5) is 0 Å². The number of nitrogens with two attached hydrogens (primary N) is 1. The maximum atomic E-state index is 13.0. The molecule has 0 saturated carbocycles. The number of benzene rings is 2. The second kappa shape index (κ2) is 13.3. The zero-order valence-electron chi connectivity index (χ0n) is 19.3. The number of nitrogens with one attached hydrogen (secondary N) is 3. The van der Waals surface area contributed by atoms with E-state index in [1.54, 1.807) is 6.92 Å². The molecular formula is C25H33IN4O3. The van der Waals surface area contributed by atoms with Gasteiger partial charge in [0.05, 0.1) is 6.04 Å². The molecule has 8 heteroatoms. The van der Waals surface area contributed by atoms with E-state index in [2.05, 4.69) is 38.5 Å². The highest BCUT2D eigenvalue weighted by Gasteiger charge is 2.26. The van der Waals surface area contributed by atoms with Crippen molar-refractivity contribution in [2.75, 3.05) is 0 Å². The summed E-state index contributed by atoms with van der Waals surface area (Å²) in [5, 5.41) is 8.35. The fourth-order valence-electron chi connectivity index (χ4n) is 3.32. The molecule has 0 aliphatic rings. The van der Waals surface area contributed by atoms with Crippen molar-refractivity contribution in [1.82, 2.24) is 16.0 Å². The van der Waals surface area contributed by atoms with Gasteiger partial charge in [-0.25, -0.2) is 0 Å². The second-order valence-corrected chi connectivity index (χ2v) is 9.81. The average molecular weight is 564 g/mol. The van der Waals surface area contributed by atoms with Gasteiger partial charge < -0.3 is 21.7 Å². The van der Waals surface area contributed by atoms with Crippen LogP contribution in [0, 0.1) is 9.49 Å². The van der Waals surface area contributed by atoms with Gasteiger partial charge in [0.1, 0.15) is 12.1 Å². The highest BCUT2D eigenvalue weighted by atomic mass is 127. The van der Waals surface area contributed by atoms with Crippen LogP contribution in [0.5, 0.6) is 0 Å². The number of halogens is 1. The minimum absolute atomic E-state index is 0.265. The monoisotopic (exact) mass is 564 g/mol. The summed E-state index contributed by atoms with van der Waals surface area (Å²) >= 11 is 2.22. The molecule has 3 atom stereocenters. The molecule has 2 rings (SSSR count). The van der Waals surface area contributed by atoms with Crippen LogP contribution < -0.4 is 21.7 Å². The molecule has 2 aromatic rings. The summed E-state index contributed by atoms with van der Waals surface area (Å²) < 4.78 is 1.08. The van der Waals surface area contributed by atoms with Gasteiger partial charge in [-0.2, -0.15) is 0 Å². The third-order valence-corrected chi connectivity index (χ3v) is 5.76. The van der Waals surface area contributed by atoms with Crippen molar-refractivity contribution in [2.45, 2.75) is 58.3 Å². The highest BCUT2D eigenvalue weighted by Crippen LogP contribution is 2.09. The molecule has 0 unspecified atom stereocenters. The van der Waals surface area contributed by atoms with Crippen LogP contribution in [0.2, 0.25) is 0 Å². The van der Waals surface area contributed by atoms with Gasteiger partial charge in [-0.1, -0.05) is 56.3 Å². The SMILES string of the molecule is CC(C)C[C@@H](N)C(=O)N[C@@H](C)C(=O)N[C@@H](Cc1ccccc1)C(=O)NCc1cccc(I)c1. The minimum Gasteiger partial charge on any atom is -0.350 e. The molecule has 0 radical (unpaired) electrons. The molecule has 0 aliphatic heterocycles. The largest absolute Gasteiger partial charge is 0.350 e. The average Bonchev–Trinajstić information content (AvgIpc) is 2.77. The molecule has 178 valence electrons. The summed E-state index contributed by atoms with van der Waals surface area (Å²) in [6, 6.07) is 15.0. The van der Waals surface area contributed by atoms with E-state index in [-0.39, 0.29) is 17.7 Å². The van der Waals surface area contributed by atoms with Crippen LogP contribution in [0.1, 0.15) is 38.3 Å². The molecule has 0 aliphatic carbocycles. The van der Waals surface area contributed by atoms with Crippen LogP contribution >= 0.6 is 22.6 Å². The number of carbonyl (C=O) groups excluding carboxylic acids is 3. The lowest BCUT2D eigenvalue weighted by Crippen LogP contribution is -2.55. The Bertz CT molecular complexity index is 936. The third-order valence-electron chi connectivity index (χ3n) is 5.09. The maximum Gasteiger partial charge on any atom is 0.243 e. The molecule has 33 heavy (non-hydrogen) atoms. The van der Waals surface area contributed by atoms with Crippen molar-refractivity contribution in [3.63, 3.8) is 0 Å². The molecule has 0 aromatic heterocycles. The van der Waals surface area contributed by atoms with Gasteiger partial charge in [-0.15, -0.1) is 0 Å². The van der Waals surface area contributed by atoms with Gasteiger partial charge >= 0.3 is 0 Å². The first kappa shape index (κ1) is 26.8. The molecule has 3 amide bonds. The molecule has 0 fully saturated rings. The summed E-state index contributed by atoms with van der Waals surface area (Å²) in [6.07, 6.45) is 0.857. The van der Waals surface area contributed by atoms with Crippen molar-refractivity contribution in [3.8, 4) is 0 Å². The Kier molecular flexibility index (Phi) is 10.8. The number of hydrogen-bond donors (Lipinski definition) is 4. The molecule has 7 nitrogen and oxygen atoms in total. The summed E-state index contributed by atoms with van der Waals surface area (Å²) in [4.78, 5) is 38.1. The zero-order valence-corrected chi connectivity index (χ0v) is 21.5. The lowest BCUT2D eigenvalue weighted by atomic mass is 10.0. The van der Waals surface area contributed by atoms with E-state index in [1.807, 2.05) is 68.4 Å². The summed E-state index contributed by atoms with van der Waals surface area (Å²) in [7, 11) is 0. The Morgan fingerprint density at radius 3 is 2.18 bits per heavy atom. The van der Waals surface area contributed by atoms with E-state index >= 15 is 0 Å². The predicted molar refractivity (Wildman–Crippen MR) is 138 cm³/mol. The molecule has 0 spiro atoms. The van der Waals surface area contributed by atoms with Gasteiger partial charge in [-0.3, -0.25) is 14.4 Å². The van der Waals surface area contributed by atoms with Crippen molar-refractivity contribution in [2.24, 2.45) is 11.7 Å².